The van der Waals surface area contributed by atoms with E-state index in [1.54, 1.807) is 12.1 Å². The molecule has 3 N–H and O–H groups in total. The Morgan fingerprint density at radius 1 is 1.41 bits per heavy atom. The van der Waals surface area contributed by atoms with Gasteiger partial charge in [-0.05, 0) is 12.1 Å². The summed E-state index contributed by atoms with van der Waals surface area (Å²) in [5, 5.41) is 2.54. The second-order valence-electron chi connectivity index (χ2n) is 2.92. The number of hydrogen-bond donors (Lipinski definition) is 2. The van der Waals surface area contributed by atoms with Gasteiger partial charge in [0.25, 0.3) is 11.7 Å². The van der Waals surface area contributed by atoms with E-state index < -0.39 is 5.76 Å². The van der Waals surface area contributed by atoms with Crippen LogP contribution in [0.25, 0.3) is 0 Å². The number of alkyl halides is 2. The van der Waals surface area contributed by atoms with Crippen LogP contribution < -0.4 is 11.1 Å². The third-order valence-electron chi connectivity index (χ3n) is 1.78. The summed E-state index contributed by atoms with van der Waals surface area (Å²) in [4.78, 5) is 11.9. The van der Waals surface area contributed by atoms with E-state index in [2.05, 4.69) is 5.32 Å². The Hall–Kier alpha value is -0.850. The zero-order valence-corrected chi connectivity index (χ0v) is 10.5. The van der Waals surface area contributed by atoms with E-state index in [1.807, 2.05) is 0 Å². The lowest BCUT2D eigenvalue weighted by Crippen LogP contribution is -2.29. The first-order chi connectivity index (χ1) is 7.65. The second kappa shape index (κ2) is 8.27. The maximum absolute atomic E-state index is 12.2. The molecule has 0 aliphatic heterocycles. The number of halogens is 3. The molecule has 0 aliphatic rings. The number of rotatable bonds is 5. The summed E-state index contributed by atoms with van der Waals surface area (Å²) in [6, 6.07) is 6.25. The minimum atomic E-state index is -2.54. The average Bonchev–Trinajstić information content (AvgIpc) is 2.26. The van der Waals surface area contributed by atoms with Crippen LogP contribution in [0.5, 0.6) is 0 Å². The summed E-state index contributed by atoms with van der Waals surface area (Å²) < 4.78 is 24.5. The lowest BCUT2D eigenvalue weighted by atomic mass is 10.2. The molecule has 17 heavy (non-hydrogen) atoms. The zero-order valence-electron chi connectivity index (χ0n) is 8.86. The third-order valence-corrected chi connectivity index (χ3v) is 2.57. The maximum Gasteiger partial charge on any atom is 0.288 e. The molecule has 0 saturated carbocycles. The van der Waals surface area contributed by atoms with Crippen LogP contribution >= 0.6 is 24.2 Å². The third kappa shape index (κ3) is 5.34. The van der Waals surface area contributed by atoms with Crippen molar-refractivity contribution in [3.05, 3.63) is 29.8 Å². The molecule has 1 aromatic rings. The number of carbonyl (C=O) groups is 1. The van der Waals surface area contributed by atoms with Crippen LogP contribution in [0.3, 0.4) is 0 Å². The first-order valence-electron chi connectivity index (χ1n) is 4.67. The van der Waals surface area contributed by atoms with E-state index in [0.29, 0.717) is 24.9 Å². The number of nitrogens with one attached hydrogen (secondary N) is 1. The first kappa shape index (κ1) is 16.1. The highest BCUT2D eigenvalue weighted by Gasteiger charge is 2.14. The zero-order chi connectivity index (χ0) is 12.0. The van der Waals surface area contributed by atoms with Gasteiger partial charge in [0.15, 0.2) is 0 Å². The van der Waals surface area contributed by atoms with Gasteiger partial charge >= 0.3 is 0 Å². The maximum atomic E-state index is 12.2. The van der Waals surface area contributed by atoms with Crippen molar-refractivity contribution in [2.75, 3.05) is 13.1 Å². The molecule has 0 radical (unpaired) electrons. The number of nitrogens with two attached hydrogens (primary N) is 1. The molecular formula is C10H13ClF2N2OS. The Morgan fingerprint density at radius 2 is 2.06 bits per heavy atom. The highest BCUT2D eigenvalue weighted by molar-refractivity contribution is 7.99. The Labute approximate surface area is 109 Å². The molecule has 1 amide bonds. The quantitative estimate of drug-likeness (QED) is 0.814. The van der Waals surface area contributed by atoms with Crippen LogP contribution in [0.2, 0.25) is 0 Å². The molecule has 0 unspecified atom stereocenters. The average molecular weight is 283 g/mol. The topological polar surface area (TPSA) is 55.1 Å². The summed E-state index contributed by atoms with van der Waals surface area (Å²) in [5.74, 6) is -2.92. The summed E-state index contributed by atoms with van der Waals surface area (Å²) in [6.07, 6.45) is 0. The van der Waals surface area contributed by atoms with Crippen LogP contribution in [0.15, 0.2) is 29.2 Å². The molecule has 3 nitrogen and oxygen atoms in total. The van der Waals surface area contributed by atoms with E-state index in [9.17, 15) is 13.6 Å². The Kier molecular flexibility index (Phi) is 7.86. The van der Waals surface area contributed by atoms with Crippen LogP contribution in [0, 0.1) is 0 Å². The number of benzene rings is 1. The minimum absolute atomic E-state index is 0. The van der Waals surface area contributed by atoms with Gasteiger partial charge in [-0.15, -0.1) is 12.4 Å². The van der Waals surface area contributed by atoms with Crippen molar-refractivity contribution in [1.29, 1.82) is 0 Å². The van der Waals surface area contributed by atoms with Crippen LogP contribution in [-0.2, 0) is 0 Å². The summed E-state index contributed by atoms with van der Waals surface area (Å²) in [5.41, 5.74) is 5.48. The molecule has 0 atom stereocenters. The van der Waals surface area contributed by atoms with Crippen LogP contribution in [0.1, 0.15) is 10.4 Å². The number of amides is 1. The van der Waals surface area contributed by atoms with Crippen molar-refractivity contribution in [2.45, 2.75) is 10.7 Å². The molecule has 0 aromatic heterocycles. The fourth-order valence-corrected chi connectivity index (χ4v) is 1.77. The van der Waals surface area contributed by atoms with Gasteiger partial charge in [0.2, 0.25) is 0 Å². The SMILES string of the molecule is Cl.NCCNC(=O)c1ccccc1SC(F)F. The van der Waals surface area contributed by atoms with Gasteiger partial charge in [-0.2, -0.15) is 8.78 Å². The van der Waals surface area contributed by atoms with E-state index >= 15 is 0 Å². The van der Waals surface area contributed by atoms with Crippen LogP contribution in [0.4, 0.5) is 8.78 Å². The molecule has 1 aromatic carbocycles. The molecule has 0 aliphatic carbocycles. The van der Waals surface area contributed by atoms with Crippen molar-refractivity contribution < 1.29 is 13.6 Å². The van der Waals surface area contributed by atoms with Crippen molar-refractivity contribution in [3.63, 3.8) is 0 Å². The summed E-state index contributed by atoms with van der Waals surface area (Å²) in [6.45, 7) is 0.641. The lowest BCUT2D eigenvalue weighted by molar-refractivity contribution is 0.0952. The summed E-state index contributed by atoms with van der Waals surface area (Å²) >= 11 is 0.361. The Balaban J connectivity index is 0.00000256. The number of thioether (sulfide) groups is 1. The van der Waals surface area contributed by atoms with E-state index in [4.69, 9.17) is 5.73 Å². The van der Waals surface area contributed by atoms with Gasteiger partial charge in [0, 0.05) is 18.0 Å². The fraction of sp³-hybridized carbons (Fsp3) is 0.300. The molecule has 0 spiro atoms. The van der Waals surface area contributed by atoms with Crippen molar-refractivity contribution in [3.8, 4) is 0 Å². The van der Waals surface area contributed by atoms with E-state index in [0.717, 1.165) is 0 Å². The van der Waals surface area contributed by atoms with Gasteiger partial charge < -0.3 is 11.1 Å². The first-order valence-corrected chi connectivity index (χ1v) is 5.55. The van der Waals surface area contributed by atoms with Gasteiger partial charge in [-0.1, -0.05) is 23.9 Å². The van der Waals surface area contributed by atoms with Gasteiger partial charge in [0.1, 0.15) is 0 Å². The minimum Gasteiger partial charge on any atom is -0.351 e. The standard InChI is InChI=1S/C10H12F2N2OS.ClH/c11-10(12)16-8-4-2-1-3-7(8)9(15)14-6-5-13;/h1-4,10H,5-6,13H2,(H,14,15);1H. The lowest BCUT2D eigenvalue weighted by Gasteiger charge is -2.08. The monoisotopic (exact) mass is 282 g/mol. The highest BCUT2D eigenvalue weighted by Crippen LogP contribution is 2.28. The predicted molar refractivity (Wildman–Crippen MR) is 66.9 cm³/mol. The van der Waals surface area contributed by atoms with Gasteiger partial charge in [0.05, 0.1) is 5.56 Å². The van der Waals surface area contributed by atoms with Crippen molar-refractivity contribution in [2.24, 2.45) is 5.73 Å². The number of hydrogen-bond acceptors (Lipinski definition) is 3. The fourth-order valence-electron chi connectivity index (χ4n) is 1.13. The summed E-state index contributed by atoms with van der Waals surface area (Å²) in [7, 11) is 0. The van der Waals surface area contributed by atoms with Gasteiger partial charge in [-0.25, -0.2) is 0 Å². The van der Waals surface area contributed by atoms with E-state index in [1.165, 1.54) is 12.1 Å². The molecule has 1 rings (SSSR count). The molecule has 0 saturated heterocycles. The smallest absolute Gasteiger partial charge is 0.288 e. The Morgan fingerprint density at radius 3 is 2.65 bits per heavy atom. The molecule has 0 heterocycles. The van der Waals surface area contributed by atoms with E-state index in [-0.39, 0.29) is 28.8 Å². The molecular weight excluding hydrogens is 270 g/mol. The predicted octanol–water partition coefficient (Wildman–Crippen LogP) is 2.11. The highest BCUT2D eigenvalue weighted by atomic mass is 35.5. The molecule has 96 valence electrons. The Bertz CT molecular complexity index is 366. The number of carbonyl (C=O) groups excluding carboxylic acids is 1. The van der Waals surface area contributed by atoms with Crippen molar-refractivity contribution >= 4 is 30.1 Å². The molecule has 7 heteroatoms. The van der Waals surface area contributed by atoms with Gasteiger partial charge in [-0.3, -0.25) is 4.79 Å². The second-order valence-corrected chi connectivity index (χ2v) is 3.95. The largest absolute Gasteiger partial charge is 0.351 e. The molecule has 0 fully saturated rings. The van der Waals surface area contributed by atoms with Crippen LogP contribution in [-0.4, -0.2) is 24.8 Å². The molecule has 0 bridgehead atoms. The van der Waals surface area contributed by atoms with Crippen molar-refractivity contribution in [1.82, 2.24) is 5.32 Å². The normalized spacial score (nSPS) is 9.88.